The first-order valence-electron chi connectivity index (χ1n) is 3.72. The normalized spacial score (nSPS) is 25.5. The fraction of sp³-hybridized carbons (Fsp3) is 0.250. The predicted molar refractivity (Wildman–Crippen MR) is 43.4 cm³/mol. The fourth-order valence-electron chi connectivity index (χ4n) is 1.29. The Balaban J connectivity index is 2.39. The highest BCUT2D eigenvalue weighted by Crippen LogP contribution is 2.26. The second-order valence-corrected chi connectivity index (χ2v) is 2.73. The van der Waals surface area contributed by atoms with Crippen LogP contribution in [0.5, 0.6) is 0 Å². The third kappa shape index (κ3) is 1.12. The number of nitrogens with one attached hydrogen (secondary N) is 1. The number of amides is 1. The van der Waals surface area contributed by atoms with Gasteiger partial charge in [-0.3, -0.25) is 4.79 Å². The molecule has 2 rings (SSSR count). The van der Waals surface area contributed by atoms with Crippen LogP contribution in [0.2, 0.25) is 0 Å². The molecular formula is C8H7FN2O2. The van der Waals surface area contributed by atoms with Crippen LogP contribution in [0.15, 0.2) is 28.8 Å². The topological polar surface area (TPSA) is 50.7 Å². The van der Waals surface area contributed by atoms with Crippen LogP contribution in [-0.4, -0.2) is 18.7 Å². The van der Waals surface area contributed by atoms with Crippen molar-refractivity contribution in [1.29, 1.82) is 0 Å². The summed E-state index contributed by atoms with van der Waals surface area (Å²) in [6, 6.07) is 0. The summed E-state index contributed by atoms with van der Waals surface area (Å²) in [4.78, 5) is 11.0. The van der Waals surface area contributed by atoms with Crippen LogP contribution >= 0.6 is 0 Å². The summed E-state index contributed by atoms with van der Waals surface area (Å²) < 4.78 is 18.1. The van der Waals surface area contributed by atoms with Gasteiger partial charge >= 0.3 is 0 Å². The standard InChI is InChI=1S/C8H7FN2O2/c1-13-4-2-5(9)7-6(3-4)10-11-8(7)12/h2-3,7H,1H3,(H,11,12). The SMILES string of the molecule is COC1=CC2=NNC(=O)C2C(F)=C1. The second kappa shape index (κ2) is 2.69. The molecule has 13 heavy (non-hydrogen) atoms. The van der Waals surface area contributed by atoms with Crippen molar-refractivity contribution in [3.8, 4) is 0 Å². The Morgan fingerprint density at radius 2 is 2.38 bits per heavy atom. The number of carbonyl (C=O) groups excluding carboxylic acids is 1. The monoisotopic (exact) mass is 182 g/mol. The molecule has 2 aliphatic rings. The van der Waals surface area contributed by atoms with E-state index in [1.165, 1.54) is 19.3 Å². The fourth-order valence-corrected chi connectivity index (χ4v) is 1.29. The number of hydrazone groups is 1. The molecule has 0 aromatic heterocycles. The van der Waals surface area contributed by atoms with Gasteiger partial charge in [0.05, 0.1) is 12.8 Å². The summed E-state index contributed by atoms with van der Waals surface area (Å²) in [7, 11) is 1.43. The highest BCUT2D eigenvalue weighted by Gasteiger charge is 2.35. The van der Waals surface area contributed by atoms with Gasteiger partial charge in [0.25, 0.3) is 5.91 Å². The van der Waals surface area contributed by atoms with Gasteiger partial charge in [0, 0.05) is 12.2 Å². The Bertz CT molecular complexity index is 357. The molecule has 0 saturated heterocycles. The zero-order chi connectivity index (χ0) is 9.42. The smallest absolute Gasteiger partial charge is 0.256 e. The van der Waals surface area contributed by atoms with Gasteiger partial charge in [0.1, 0.15) is 17.5 Å². The lowest BCUT2D eigenvalue weighted by molar-refractivity contribution is -0.121. The average molecular weight is 182 g/mol. The van der Waals surface area contributed by atoms with E-state index in [0.717, 1.165) is 0 Å². The van der Waals surface area contributed by atoms with Crippen LogP contribution < -0.4 is 5.43 Å². The third-order valence-electron chi connectivity index (χ3n) is 1.93. The van der Waals surface area contributed by atoms with E-state index in [1.807, 2.05) is 0 Å². The summed E-state index contributed by atoms with van der Waals surface area (Å²) >= 11 is 0. The molecule has 0 radical (unpaired) electrons. The Hall–Kier alpha value is -1.65. The number of carbonyl (C=O) groups is 1. The number of allylic oxidation sites excluding steroid dienone is 2. The van der Waals surface area contributed by atoms with Crippen LogP contribution in [0.3, 0.4) is 0 Å². The van der Waals surface area contributed by atoms with Crippen molar-refractivity contribution in [3.05, 3.63) is 23.7 Å². The zero-order valence-corrected chi connectivity index (χ0v) is 6.87. The van der Waals surface area contributed by atoms with Crippen LogP contribution in [0.25, 0.3) is 0 Å². The van der Waals surface area contributed by atoms with Crippen molar-refractivity contribution in [2.75, 3.05) is 7.11 Å². The molecule has 5 heteroatoms. The number of hydrogen-bond acceptors (Lipinski definition) is 3. The summed E-state index contributed by atoms with van der Waals surface area (Å²) in [6.07, 6.45) is 2.72. The minimum atomic E-state index is -0.876. The molecule has 1 N–H and O–H groups in total. The first-order valence-corrected chi connectivity index (χ1v) is 3.72. The average Bonchev–Trinajstić information content (AvgIpc) is 2.48. The van der Waals surface area contributed by atoms with E-state index in [2.05, 4.69) is 10.5 Å². The van der Waals surface area contributed by atoms with E-state index >= 15 is 0 Å². The van der Waals surface area contributed by atoms with Gasteiger partial charge in [-0.1, -0.05) is 0 Å². The summed E-state index contributed by atoms with van der Waals surface area (Å²) in [5, 5.41) is 3.67. The lowest BCUT2D eigenvalue weighted by Gasteiger charge is -2.11. The van der Waals surface area contributed by atoms with E-state index in [9.17, 15) is 9.18 Å². The summed E-state index contributed by atoms with van der Waals surface area (Å²) in [5.41, 5.74) is 2.57. The lowest BCUT2D eigenvalue weighted by Crippen LogP contribution is -2.25. The maximum absolute atomic E-state index is 13.2. The summed E-state index contributed by atoms with van der Waals surface area (Å²) in [5.74, 6) is -1.48. The molecule has 1 aliphatic heterocycles. The molecule has 1 amide bonds. The summed E-state index contributed by atoms with van der Waals surface area (Å²) in [6.45, 7) is 0. The largest absolute Gasteiger partial charge is 0.497 e. The molecule has 0 bridgehead atoms. The van der Waals surface area contributed by atoms with Gasteiger partial charge in [-0.05, 0) is 0 Å². The number of ether oxygens (including phenoxy) is 1. The van der Waals surface area contributed by atoms with E-state index in [4.69, 9.17) is 4.74 Å². The molecule has 4 nitrogen and oxygen atoms in total. The molecule has 68 valence electrons. The number of hydrogen-bond donors (Lipinski definition) is 1. The minimum Gasteiger partial charge on any atom is -0.497 e. The molecule has 0 spiro atoms. The molecule has 1 atom stereocenters. The molecule has 1 aliphatic carbocycles. The molecule has 0 saturated carbocycles. The predicted octanol–water partition coefficient (Wildman–Crippen LogP) is 0.486. The Morgan fingerprint density at radius 3 is 3.08 bits per heavy atom. The van der Waals surface area contributed by atoms with Crippen LogP contribution in [0, 0.1) is 5.92 Å². The van der Waals surface area contributed by atoms with Gasteiger partial charge in [0.2, 0.25) is 0 Å². The van der Waals surface area contributed by atoms with Gasteiger partial charge in [0.15, 0.2) is 0 Å². The highest BCUT2D eigenvalue weighted by molar-refractivity contribution is 6.16. The molecular weight excluding hydrogens is 175 g/mol. The van der Waals surface area contributed by atoms with Crippen molar-refractivity contribution in [1.82, 2.24) is 5.43 Å². The van der Waals surface area contributed by atoms with Gasteiger partial charge in [-0.25, -0.2) is 9.82 Å². The quantitative estimate of drug-likeness (QED) is 0.641. The van der Waals surface area contributed by atoms with Crippen molar-refractivity contribution in [2.24, 2.45) is 11.0 Å². The molecule has 1 unspecified atom stereocenters. The van der Waals surface area contributed by atoms with Gasteiger partial charge < -0.3 is 4.74 Å². The first-order chi connectivity index (χ1) is 6.22. The zero-order valence-electron chi connectivity index (χ0n) is 6.87. The van der Waals surface area contributed by atoms with E-state index in [0.29, 0.717) is 11.5 Å². The van der Waals surface area contributed by atoms with Crippen molar-refractivity contribution < 1.29 is 13.9 Å². The van der Waals surface area contributed by atoms with Crippen LogP contribution in [0.4, 0.5) is 4.39 Å². The maximum Gasteiger partial charge on any atom is 0.256 e. The second-order valence-electron chi connectivity index (χ2n) is 2.73. The van der Waals surface area contributed by atoms with Gasteiger partial charge in [-0.2, -0.15) is 5.10 Å². The third-order valence-corrected chi connectivity index (χ3v) is 1.93. The maximum atomic E-state index is 13.2. The molecule has 0 aromatic carbocycles. The van der Waals surface area contributed by atoms with E-state index < -0.39 is 17.7 Å². The number of rotatable bonds is 1. The van der Waals surface area contributed by atoms with Crippen molar-refractivity contribution in [2.45, 2.75) is 0 Å². The highest BCUT2D eigenvalue weighted by atomic mass is 19.1. The number of methoxy groups -OCH3 is 1. The number of fused-ring (bicyclic) bond motifs is 1. The molecule has 1 heterocycles. The number of halogens is 1. The molecule has 0 aromatic rings. The van der Waals surface area contributed by atoms with Gasteiger partial charge in [-0.15, -0.1) is 0 Å². The Labute approximate surface area is 73.8 Å². The molecule has 0 fully saturated rings. The minimum absolute atomic E-state index is 0.363. The van der Waals surface area contributed by atoms with E-state index in [1.54, 1.807) is 0 Å². The Kier molecular flexibility index (Phi) is 1.65. The van der Waals surface area contributed by atoms with E-state index in [-0.39, 0.29) is 0 Å². The lowest BCUT2D eigenvalue weighted by atomic mass is 9.97. The van der Waals surface area contributed by atoms with Crippen molar-refractivity contribution >= 4 is 11.6 Å². The van der Waals surface area contributed by atoms with Crippen LogP contribution in [0.1, 0.15) is 0 Å². The first kappa shape index (κ1) is 7.97. The van der Waals surface area contributed by atoms with Crippen molar-refractivity contribution in [3.63, 3.8) is 0 Å². The van der Waals surface area contributed by atoms with Crippen LogP contribution in [-0.2, 0) is 9.53 Å². The number of nitrogens with zero attached hydrogens (tertiary/aromatic N) is 1. The Morgan fingerprint density at radius 1 is 1.62 bits per heavy atom.